The molecule has 1 aliphatic carbocycles. The van der Waals surface area contributed by atoms with Gasteiger partial charge >= 0.3 is 0 Å². The summed E-state index contributed by atoms with van der Waals surface area (Å²) in [5, 5.41) is 0. The first-order valence-corrected chi connectivity index (χ1v) is 3.89. The molecule has 1 unspecified atom stereocenters. The lowest BCUT2D eigenvalue weighted by atomic mass is 9.89. The Bertz CT molecular complexity index is 86.2. The van der Waals surface area contributed by atoms with Crippen LogP contribution >= 0.6 is 0 Å². The van der Waals surface area contributed by atoms with Crippen LogP contribution in [0.5, 0.6) is 0 Å². The van der Waals surface area contributed by atoms with Gasteiger partial charge in [0.05, 0.1) is 0 Å². The van der Waals surface area contributed by atoms with Crippen molar-refractivity contribution in [3.8, 4) is 0 Å². The molecule has 0 heterocycles. The van der Waals surface area contributed by atoms with Crippen LogP contribution in [-0.4, -0.2) is 0 Å². The smallest absolute Gasteiger partial charge is 0.0202 e. The van der Waals surface area contributed by atoms with Gasteiger partial charge in [-0.3, -0.25) is 0 Å². The molecular formula is C9H15. The van der Waals surface area contributed by atoms with Crippen LogP contribution in [-0.2, 0) is 0 Å². The summed E-state index contributed by atoms with van der Waals surface area (Å²) < 4.78 is 0. The molecule has 0 aromatic carbocycles. The Morgan fingerprint density at radius 2 is 2.33 bits per heavy atom. The van der Waals surface area contributed by atoms with Gasteiger partial charge in [-0.15, -0.1) is 0 Å². The molecule has 0 aromatic heterocycles. The van der Waals surface area contributed by atoms with E-state index in [2.05, 4.69) is 25.5 Å². The Morgan fingerprint density at radius 1 is 1.44 bits per heavy atom. The summed E-state index contributed by atoms with van der Waals surface area (Å²) >= 11 is 0. The molecule has 1 rings (SSSR count). The second-order valence-corrected chi connectivity index (χ2v) is 2.71. The summed E-state index contributed by atoms with van der Waals surface area (Å²) in [6.45, 7) is 2.10. The van der Waals surface area contributed by atoms with E-state index in [9.17, 15) is 0 Å². The zero-order valence-electron chi connectivity index (χ0n) is 6.14. The third-order valence-electron chi connectivity index (χ3n) is 1.90. The van der Waals surface area contributed by atoms with Gasteiger partial charge in [0.2, 0.25) is 0 Å². The van der Waals surface area contributed by atoms with E-state index in [4.69, 9.17) is 0 Å². The molecule has 0 amide bonds. The van der Waals surface area contributed by atoms with E-state index in [1.165, 1.54) is 25.7 Å². The van der Waals surface area contributed by atoms with Crippen molar-refractivity contribution in [3.05, 3.63) is 18.6 Å². The lowest BCUT2D eigenvalue weighted by Gasteiger charge is -2.16. The third-order valence-corrected chi connectivity index (χ3v) is 1.90. The Kier molecular flexibility index (Phi) is 2.82. The maximum Gasteiger partial charge on any atom is -0.0202 e. The topological polar surface area (TPSA) is 0 Å². The fraction of sp³-hybridized carbons (Fsp3) is 0.667. The first kappa shape index (κ1) is 6.85. The summed E-state index contributed by atoms with van der Waals surface area (Å²) in [7, 11) is 0. The lowest BCUT2D eigenvalue weighted by molar-refractivity contribution is 0.512. The van der Waals surface area contributed by atoms with E-state index in [1.807, 2.05) is 0 Å². The molecule has 9 heavy (non-hydrogen) atoms. The van der Waals surface area contributed by atoms with Crippen LogP contribution in [0.2, 0.25) is 0 Å². The van der Waals surface area contributed by atoms with Crippen molar-refractivity contribution in [1.82, 2.24) is 0 Å². The Balaban J connectivity index is 2.23. The number of hydrogen-bond donors (Lipinski definition) is 0. The van der Waals surface area contributed by atoms with Crippen LogP contribution in [0.1, 0.15) is 32.6 Å². The molecule has 1 saturated carbocycles. The molecule has 0 aromatic rings. The van der Waals surface area contributed by atoms with Gasteiger partial charge < -0.3 is 0 Å². The van der Waals surface area contributed by atoms with Crippen molar-refractivity contribution in [2.75, 3.05) is 0 Å². The summed E-state index contributed by atoms with van der Waals surface area (Å²) in [6.07, 6.45) is 12.4. The SMILES string of the molecule is C/C=C\C1[CH]CCCC1. The van der Waals surface area contributed by atoms with Crippen LogP contribution in [0.3, 0.4) is 0 Å². The van der Waals surface area contributed by atoms with Crippen molar-refractivity contribution in [2.24, 2.45) is 5.92 Å². The fourth-order valence-electron chi connectivity index (χ4n) is 1.40. The molecule has 1 atom stereocenters. The summed E-state index contributed by atoms with van der Waals surface area (Å²) in [5.41, 5.74) is 0. The number of allylic oxidation sites excluding steroid dienone is 2. The van der Waals surface area contributed by atoms with Crippen LogP contribution in [0.25, 0.3) is 0 Å². The van der Waals surface area contributed by atoms with Gasteiger partial charge in [0.25, 0.3) is 0 Å². The van der Waals surface area contributed by atoms with Crippen molar-refractivity contribution in [1.29, 1.82) is 0 Å². The zero-order chi connectivity index (χ0) is 6.53. The molecule has 1 radical (unpaired) electrons. The van der Waals surface area contributed by atoms with Gasteiger partial charge in [0.1, 0.15) is 0 Å². The fourth-order valence-corrected chi connectivity index (χ4v) is 1.40. The molecule has 0 spiro atoms. The highest BCUT2D eigenvalue weighted by atomic mass is 14.1. The zero-order valence-corrected chi connectivity index (χ0v) is 6.14. The molecule has 0 N–H and O–H groups in total. The Morgan fingerprint density at radius 3 is 2.89 bits per heavy atom. The van der Waals surface area contributed by atoms with E-state index in [0.717, 1.165) is 5.92 Å². The highest BCUT2D eigenvalue weighted by molar-refractivity contribution is 4.95. The predicted octanol–water partition coefficient (Wildman–Crippen LogP) is 2.96. The van der Waals surface area contributed by atoms with Crippen LogP contribution < -0.4 is 0 Å². The van der Waals surface area contributed by atoms with E-state index in [0.29, 0.717) is 0 Å². The van der Waals surface area contributed by atoms with Gasteiger partial charge in [0.15, 0.2) is 0 Å². The molecule has 1 fully saturated rings. The van der Waals surface area contributed by atoms with Gasteiger partial charge in [-0.05, 0) is 32.1 Å². The van der Waals surface area contributed by atoms with E-state index >= 15 is 0 Å². The first-order chi connectivity index (χ1) is 4.43. The predicted molar refractivity (Wildman–Crippen MR) is 41.1 cm³/mol. The van der Waals surface area contributed by atoms with E-state index in [-0.39, 0.29) is 0 Å². The van der Waals surface area contributed by atoms with Gasteiger partial charge in [0, 0.05) is 0 Å². The maximum absolute atomic E-state index is 2.43. The van der Waals surface area contributed by atoms with Gasteiger partial charge in [-0.2, -0.15) is 0 Å². The maximum atomic E-state index is 2.43. The standard InChI is InChI=1S/C9H15/c1-2-6-9-7-4-3-5-8-9/h2,6-7,9H,3-5,8H2,1H3/b6-2-. The largest absolute Gasteiger partial charge is 0.0914 e. The number of hydrogen-bond acceptors (Lipinski definition) is 0. The summed E-state index contributed by atoms with van der Waals surface area (Å²) in [6, 6.07) is 0. The minimum Gasteiger partial charge on any atom is -0.0914 e. The minimum atomic E-state index is 0.795. The second kappa shape index (κ2) is 3.71. The van der Waals surface area contributed by atoms with E-state index < -0.39 is 0 Å². The molecule has 0 aliphatic heterocycles. The molecule has 51 valence electrons. The lowest BCUT2D eigenvalue weighted by Crippen LogP contribution is -2.02. The minimum absolute atomic E-state index is 0.795. The molecular weight excluding hydrogens is 108 g/mol. The monoisotopic (exact) mass is 123 g/mol. The quantitative estimate of drug-likeness (QED) is 0.470. The van der Waals surface area contributed by atoms with E-state index in [1.54, 1.807) is 0 Å². The highest BCUT2D eigenvalue weighted by Crippen LogP contribution is 2.23. The van der Waals surface area contributed by atoms with Crippen LogP contribution in [0.4, 0.5) is 0 Å². The van der Waals surface area contributed by atoms with Crippen molar-refractivity contribution in [3.63, 3.8) is 0 Å². The Hall–Kier alpha value is -0.260. The average molecular weight is 123 g/mol. The molecule has 0 nitrogen and oxygen atoms in total. The summed E-state index contributed by atoms with van der Waals surface area (Å²) in [4.78, 5) is 0. The highest BCUT2D eigenvalue weighted by Gasteiger charge is 2.08. The first-order valence-electron chi connectivity index (χ1n) is 3.89. The molecule has 0 bridgehead atoms. The summed E-state index contributed by atoms with van der Waals surface area (Å²) in [5.74, 6) is 0.795. The second-order valence-electron chi connectivity index (χ2n) is 2.71. The average Bonchev–Trinajstić information content (AvgIpc) is 1.91. The molecule has 1 aliphatic rings. The van der Waals surface area contributed by atoms with Crippen molar-refractivity contribution >= 4 is 0 Å². The van der Waals surface area contributed by atoms with Crippen molar-refractivity contribution in [2.45, 2.75) is 32.6 Å². The molecule has 0 saturated heterocycles. The van der Waals surface area contributed by atoms with Crippen molar-refractivity contribution < 1.29 is 0 Å². The molecule has 0 heteroatoms. The van der Waals surface area contributed by atoms with Gasteiger partial charge in [-0.25, -0.2) is 0 Å². The number of rotatable bonds is 1. The van der Waals surface area contributed by atoms with Crippen LogP contribution in [0, 0.1) is 12.3 Å². The van der Waals surface area contributed by atoms with Gasteiger partial charge in [-0.1, -0.05) is 25.0 Å². The van der Waals surface area contributed by atoms with Crippen LogP contribution in [0.15, 0.2) is 12.2 Å². The third kappa shape index (κ3) is 2.21. The Labute approximate surface area is 58.0 Å². The normalized spacial score (nSPS) is 23.2.